The molecule has 0 bridgehead atoms. The van der Waals surface area contributed by atoms with E-state index in [4.69, 9.17) is 0 Å². The molecule has 0 aromatic carbocycles. The zero-order valence-corrected chi connectivity index (χ0v) is 6.43. The molecule has 0 spiro atoms. The Morgan fingerprint density at radius 3 is 2.91 bits per heavy atom. The maximum Gasteiger partial charge on any atom is 0.0350 e. The van der Waals surface area contributed by atoms with Crippen molar-refractivity contribution < 1.29 is 0 Å². The summed E-state index contributed by atoms with van der Waals surface area (Å²) in [6, 6.07) is 0. The lowest BCUT2D eigenvalue weighted by Gasteiger charge is -2.04. The molecule has 0 saturated carbocycles. The number of hydrogen-bond acceptors (Lipinski definition) is 0. The smallest absolute Gasteiger partial charge is 0.0350 e. The summed E-state index contributed by atoms with van der Waals surface area (Å²) >= 11 is 0. The van der Waals surface area contributed by atoms with Gasteiger partial charge < -0.3 is 0 Å². The first kappa shape index (κ1) is 7.63. The minimum Gasteiger partial charge on any atom is -0.0991 e. The first-order valence-corrected chi connectivity index (χ1v) is 3.51. The molecule has 1 aliphatic rings. The van der Waals surface area contributed by atoms with Gasteiger partial charge in [0.1, 0.15) is 0 Å². The van der Waals surface area contributed by atoms with Gasteiger partial charge in [0.25, 0.3) is 0 Å². The van der Waals surface area contributed by atoms with Crippen molar-refractivity contribution in [3.63, 3.8) is 0 Å². The third-order valence-corrected chi connectivity index (χ3v) is 1.52. The third kappa shape index (κ3) is 1.72. The Balaban J connectivity index is 2.96. The molecule has 0 heterocycles. The van der Waals surface area contributed by atoms with E-state index in [1.165, 1.54) is 5.57 Å². The van der Waals surface area contributed by atoms with Gasteiger partial charge in [-0.3, -0.25) is 0 Å². The predicted octanol–water partition coefficient (Wildman–Crippen LogP) is 2.62. The van der Waals surface area contributed by atoms with Gasteiger partial charge in [0.2, 0.25) is 0 Å². The van der Waals surface area contributed by atoms with Crippen LogP contribution in [0.1, 0.15) is 6.42 Å². The van der Waals surface area contributed by atoms with Gasteiger partial charge in [0.05, 0.1) is 0 Å². The molecule has 11 heavy (non-hydrogen) atoms. The molecule has 1 rings (SSSR count). The maximum absolute atomic E-state index is 3.71. The van der Waals surface area contributed by atoms with E-state index in [0.717, 1.165) is 12.0 Å². The summed E-state index contributed by atoms with van der Waals surface area (Å²) in [6.07, 6.45) is 8.26. The van der Waals surface area contributed by atoms with Crippen LogP contribution in [0, 0.1) is 11.8 Å². The van der Waals surface area contributed by atoms with E-state index in [2.05, 4.69) is 25.0 Å². The average Bonchev–Trinajstić information content (AvgIpc) is 2.06. The fourth-order valence-corrected chi connectivity index (χ4v) is 0.957. The molecule has 0 aromatic heterocycles. The topological polar surface area (TPSA) is 0 Å². The maximum atomic E-state index is 3.71. The second kappa shape index (κ2) is 3.63. The lowest BCUT2D eigenvalue weighted by molar-refractivity contribution is 1.27. The lowest BCUT2D eigenvalue weighted by atomic mass is 9.99. The van der Waals surface area contributed by atoms with Crippen LogP contribution in [-0.4, -0.2) is 0 Å². The first-order chi connectivity index (χ1) is 5.38. The highest BCUT2D eigenvalue weighted by Gasteiger charge is 2.00. The molecule has 0 amide bonds. The van der Waals surface area contributed by atoms with Crippen molar-refractivity contribution in [1.82, 2.24) is 0 Å². The van der Waals surface area contributed by atoms with E-state index in [-0.39, 0.29) is 0 Å². The zero-order chi connectivity index (χ0) is 8.10. The highest BCUT2D eigenvalue weighted by molar-refractivity contribution is 5.49. The van der Waals surface area contributed by atoms with Crippen molar-refractivity contribution in [1.29, 1.82) is 0 Å². The van der Waals surface area contributed by atoms with Crippen molar-refractivity contribution >= 4 is 0 Å². The van der Waals surface area contributed by atoms with Gasteiger partial charge >= 0.3 is 0 Å². The Labute approximate surface area is 67.6 Å². The summed E-state index contributed by atoms with van der Waals surface area (Å²) in [4.78, 5) is 0. The monoisotopic (exact) mass is 142 g/mol. The quantitative estimate of drug-likeness (QED) is 0.520. The van der Waals surface area contributed by atoms with Crippen LogP contribution in [0.4, 0.5) is 0 Å². The van der Waals surface area contributed by atoms with Crippen LogP contribution in [0.25, 0.3) is 0 Å². The molecule has 0 radical (unpaired) electrons. The van der Waals surface area contributed by atoms with Gasteiger partial charge in [-0.2, -0.15) is 0 Å². The van der Waals surface area contributed by atoms with Crippen LogP contribution in [0.15, 0.2) is 48.6 Å². The minimum atomic E-state index is 0.809. The standard InChI is InChI=1S/C11H10/c1-3-7-11-9-6-5-8-10(11)4-2/h3-4,7-8H,1-2,9H2/b11-7-. The first-order valence-electron chi connectivity index (χ1n) is 3.51. The summed E-state index contributed by atoms with van der Waals surface area (Å²) in [6.45, 7) is 7.34. The Hall–Kier alpha value is -1.48. The molecule has 0 N–H and O–H groups in total. The Morgan fingerprint density at radius 2 is 2.27 bits per heavy atom. The number of hydrogen-bond donors (Lipinski definition) is 0. The molecule has 0 aromatic rings. The fourth-order valence-electron chi connectivity index (χ4n) is 0.957. The molecule has 54 valence electrons. The minimum absolute atomic E-state index is 0.809. The Morgan fingerprint density at radius 1 is 1.45 bits per heavy atom. The summed E-state index contributed by atoms with van der Waals surface area (Å²) < 4.78 is 0. The van der Waals surface area contributed by atoms with Crippen LogP contribution in [-0.2, 0) is 0 Å². The van der Waals surface area contributed by atoms with Crippen molar-refractivity contribution in [3.05, 3.63) is 48.6 Å². The van der Waals surface area contributed by atoms with Gasteiger partial charge in [-0.1, -0.05) is 43.2 Å². The average molecular weight is 142 g/mol. The van der Waals surface area contributed by atoms with Crippen LogP contribution >= 0.6 is 0 Å². The van der Waals surface area contributed by atoms with Crippen molar-refractivity contribution in [2.75, 3.05) is 0 Å². The summed E-state index contributed by atoms with van der Waals surface area (Å²) in [5, 5.41) is 0. The van der Waals surface area contributed by atoms with E-state index >= 15 is 0 Å². The second-order valence-electron chi connectivity index (χ2n) is 2.23. The number of rotatable bonds is 2. The van der Waals surface area contributed by atoms with Gasteiger partial charge in [-0.15, -0.1) is 0 Å². The predicted molar refractivity (Wildman–Crippen MR) is 49.0 cm³/mol. The molecule has 0 heteroatoms. The molecular formula is C11H10. The van der Waals surface area contributed by atoms with Gasteiger partial charge in [-0.25, -0.2) is 0 Å². The van der Waals surface area contributed by atoms with Crippen molar-refractivity contribution in [3.8, 4) is 11.8 Å². The highest BCUT2D eigenvalue weighted by atomic mass is 14.0. The largest absolute Gasteiger partial charge is 0.0991 e. The van der Waals surface area contributed by atoms with E-state index in [0.29, 0.717) is 0 Å². The van der Waals surface area contributed by atoms with Crippen LogP contribution in [0.3, 0.4) is 0 Å². The molecule has 0 fully saturated rings. The van der Waals surface area contributed by atoms with Crippen LogP contribution < -0.4 is 0 Å². The van der Waals surface area contributed by atoms with Gasteiger partial charge in [0.15, 0.2) is 0 Å². The van der Waals surface area contributed by atoms with E-state index in [9.17, 15) is 0 Å². The lowest BCUT2D eigenvalue weighted by Crippen LogP contribution is -1.88. The van der Waals surface area contributed by atoms with Crippen LogP contribution in [0.5, 0.6) is 0 Å². The molecule has 0 nitrogen and oxygen atoms in total. The van der Waals surface area contributed by atoms with Crippen LogP contribution in [0.2, 0.25) is 0 Å². The van der Waals surface area contributed by atoms with E-state index in [1.807, 2.05) is 18.2 Å². The Bertz CT molecular complexity index is 290. The molecule has 1 aliphatic carbocycles. The highest BCUT2D eigenvalue weighted by Crippen LogP contribution is 2.16. The molecule has 0 atom stereocenters. The summed E-state index contributed by atoms with van der Waals surface area (Å²) in [5.74, 6) is 5.91. The Kier molecular flexibility index (Phi) is 2.52. The SMILES string of the molecule is C=C/C=C1/CC#CC=C1C=C. The third-order valence-electron chi connectivity index (χ3n) is 1.52. The van der Waals surface area contributed by atoms with Gasteiger partial charge in [0, 0.05) is 6.42 Å². The molecule has 0 saturated heterocycles. The van der Waals surface area contributed by atoms with Crippen molar-refractivity contribution in [2.24, 2.45) is 0 Å². The molecule has 0 aliphatic heterocycles. The molecular weight excluding hydrogens is 132 g/mol. The second-order valence-corrected chi connectivity index (χ2v) is 2.23. The number of allylic oxidation sites excluding steroid dienone is 6. The van der Waals surface area contributed by atoms with Gasteiger partial charge in [-0.05, 0) is 17.2 Å². The fraction of sp³-hybridized carbons (Fsp3) is 0.0909. The summed E-state index contributed by atoms with van der Waals surface area (Å²) in [5.41, 5.74) is 2.32. The molecule has 0 unspecified atom stereocenters. The summed E-state index contributed by atoms with van der Waals surface area (Å²) in [7, 11) is 0. The normalized spacial score (nSPS) is 18.2. The zero-order valence-electron chi connectivity index (χ0n) is 6.43. The van der Waals surface area contributed by atoms with E-state index in [1.54, 1.807) is 6.08 Å². The van der Waals surface area contributed by atoms with Crippen molar-refractivity contribution in [2.45, 2.75) is 6.42 Å². The van der Waals surface area contributed by atoms with E-state index < -0.39 is 0 Å².